The molecule has 0 saturated heterocycles. The number of hydrogen-bond acceptors (Lipinski definition) is 4. The van der Waals surface area contributed by atoms with Crippen LogP contribution in [0.1, 0.15) is 17.7 Å². The lowest BCUT2D eigenvalue weighted by Gasteiger charge is -2.14. The first-order chi connectivity index (χ1) is 13.4. The lowest BCUT2D eigenvalue weighted by Crippen LogP contribution is -2.20. The molecule has 0 atom stereocenters. The van der Waals surface area contributed by atoms with E-state index < -0.39 is 0 Å². The summed E-state index contributed by atoms with van der Waals surface area (Å²) < 4.78 is 12.1. The summed E-state index contributed by atoms with van der Waals surface area (Å²) in [4.78, 5) is 4.69. The zero-order valence-corrected chi connectivity index (χ0v) is 14.9. The average Bonchev–Trinajstić information content (AvgIpc) is 3.12. The van der Waals surface area contributed by atoms with Crippen molar-refractivity contribution >= 4 is 27.5 Å². The van der Waals surface area contributed by atoms with E-state index in [0.29, 0.717) is 12.5 Å². The van der Waals surface area contributed by atoms with Crippen LogP contribution in [0.25, 0.3) is 27.5 Å². The lowest BCUT2D eigenvalue weighted by molar-refractivity contribution is 0.293. The molecule has 0 bridgehead atoms. The van der Waals surface area contributed by atoms with Gasteiger partial charge in [0.2, 0.25) is 5.88 Å². The van der Waals surface area contributed by atoms with Gasteiger partial charge in [0.05, 0.1) is 5.69 Å². The molecule has 0 saturated carbocycles. The predicted molar refractivity (Wildman–Crippen MR) is 108 cm³/mol. The molecule has 0 radical (unpaired) electrons. The molecule has 0 fully saturated rings. The molecule has 0 amide bonds. The van der Waals surface area contributed by atoms with Crippen molar-refractivity contribution in [1.82, 2.24) is 10.3 Å². The van der Waals surface area contributed by atoms with Gasteiger partial charge in [-0.3, -0.25) is 0 Å². The van der Waals surface area contributed by atoms with E-state index in [1.165, 1.54) is 5.57 Å². The Hall–Kier alpha value is -3.11. The fraction of sp³-hybridized carbons (Fsp3) is 0.174. The van der Waals surface area contributed by atoms with Gasteiger partial charge in [-0.05, 0) is 30.7 Å². The maximum absolute atomic E-state index is 6.07. The van der Waals surface area contributed by atoms with Crippen LogP contribution in [0.2, 0.25) is 0 Å². The number of pyridine rings is 1. The average molecular weight is 356 g/mol. The van der Waals surface area contributed by atoms with Crippen molar-refractivity contribution in [1.29, 1.82) is 0 Å². The Labute approximate surface area is 157 Å². The zero-order chi connectivity index (χ0) is 18.1. The molecule has 2 aromatic carbocycles. The summed E-state index contributed by atoms with van der Waals surface area (Å²) in [6, 6.07) is 20.2. The number of para-hydroxylation sites is 2. The van der Waals surface area contributed by atoms with Crippen molar-refractivity contribution in [3.63, 3.8) is 0 Å². The number of ether oxygens (including phenoxy) is 1. The normalized spacial score (nSPS) is 14.4. The molecule has 0 unspecified atom stereocenters. The number of furan rings is 1. The molecule has 1 aliphatic heterocycles. The van der Waals surface area contributed by atoms with E-state index in [-0.39, 0.29) is 0 Å². The molecule has 0 aliphatic carbocycles. The van der Waals surface area contributed by atoms with Gasteiger partial charge in [-0.15, -0.1) is 0 Å². The van der Waals surface area contributed by atoms with Crippen molar-refractivity contribution in [3.8, 4) is 5.88 Å². The van der Waals surface area contributed by atoms with Gasteiger partial charge in [0.1, 0.15) is 17.8 Å². The van der Waals surface area contributed by atoms with E-state index in [1.54, 1.807) is 0 Å². The number of rotatable bonds is 4. The third-order valence-corrected chi connectivity index (χ3v) is 4.98. The second-order valence-corrected chi connectivity index (χ2v) is 6.73. The maximum Gasteiger partial charge on any atom is 0.214 e. The van der Waals surface area contributed by atoms with E-state index in [0.717, 1.165) is 52.7 Å². The standard InChI is InChI=1S/C23H20N2O2/c1-2-9-21-18(6-1)19-7-3-5-17(23(19)27-21)15-26-22-10-4-8-20(25-22)16-11-13-24-14-12-16/h1-11,24H,12-15H2. The van der Waals surface area contributed by atoms with Gasteiger partial charge in [-0.1, -0.05) is 48.5 Å². The molecule has 1 N–H and O–H groups in total. The van der Waals surface area contributed by atoms with E-state index in [2.05, 4.69) is 28.5 Å². The van der Waals surface area contributed by atoms with Crippen molar-refractivity contribution in [2.45, 2.75) is 13.0 Å². The summed E-state index contributed by atoms with van der Waals surface area (Å²) in [6.07, 6.45) is 3.19. The number of benzene rings is 2. The number of nitrogens with zero attached hydrogens (tertiary/aromatic N) is 1. The molecule has 3 heterocycles. The highest BCUT2D eigenvalue weighted by molar-refractivity contribution is 6.05. The quantitative estimate of drug-likeness (QED) is 0.563. The van der Waals surface area contributed by atoms with Gasteiger partial charge in [0, 0.05) is 28.9 Å². The monoisotopic (exact) mass is 356 g/mol. The van der Waals surface area contributed by atoms with Crippen LogP contribution < -0.4 is 10.1 Å². The Kier molecular flexibility index (Phi) is 4.11. The summed E-state index contributed by atoms with van der Waals surface area (Å²) in [7, 11) is 0. The first kappa shape index (κ1) is 16.1. The minimum absolute atomic E-state index is 0.425. The van der Waals surface area contributed by atoms with E-state index in [9.17, 15) is 0 Å². The van der Waals surface area contributed by atoms with Crippen LogP contribution in [-0.4, -0.2) is 18.1 Å². The minimum atomic E-state index is 0.425. The second-order valence-electron chi connectivity index (χ2n) is 6.73. The first-order valence-corrected chi connectivity index (χ1v) is 9.27. The Morgan fingerprint density at radius 3 is 2.78 bits per heavy atom. The van der Waals surface area contributed by atoms with E-state index >= 15 is 0 Å². The number of aromatic nitrogens is 1. The van der Waals surface area contributed by atoms with Crippen molar-refractivity contribution in [2.75, 3.05) is 13.1 Å². The van der Waals surface area contributed by atoms with Crippen LogP contribution in [-0.2, 0) is 6.61 Å². The predicted octanol–water partition coefficient (Wildman–Crippen LogP) is 4.94. The molecule has 27 heavy (non-hydrogen) atoms. The van der Waals surface area contributed by atoms with Gasteiger partial charge in [-0.25, -0.2) is 4.98 Å². The first-order valence-electron chi connectivity index (χ1n) is 9.27. The van der Waals surface area contributed by atoms with Crippen molar-refractivity contribution in [2.24, 2.45) is 0 Å². The molecule has 4 heteroatoms. The van der Waals surface area contributed by atoms with Crippen LogP contribution in [0.3, 0.4) is 0 Å². The molecule has 1 aliphatic rings. The summed E-state index contributed by atoms with van der Waals surface area (Å²) in [5.74, 6) is 0.639. The molecule has 4 nitrogen and oxygen atoms in total. The molecular weight excluding hydrogens is 336 g/mol. The number of nitrogens with one attached hydrogen (secondary N) is 1. The Morgan fingerprint density at radius 1 is 0.963 bits per heavy atom. The van der Waals surface area contributed by atoms with Crippen molar-refractivity contribution in [3.05, 3.63) is 78.0 Å². The van der Waals surface area contributed by atoms with Gasteiger partial charge in [0.25, 0.3) is 0 Å². The Balaban J connectivity index is 1.42. The molecule has 4 aromatic rings. The topological polar surface area (TPSA) is 47.3 Å². The highest BCUT2D eigenvalue weighted by atomic mass is 16.5. The summed E-state index contributed by atoms with van der Waals surface area (Å²) >= 11 is 0. The smallest absolute Gasteiger partial charge is 0.214 e. The highest BCUT2D eigenvalue weighted by Gasteiger charge is 2.12. The van der Waals surface area contributed by atoms with Crippen LogP contribution in [0, 0.1) is 0 Å². The number of fused-ring (bicyclic) bond motifs is 3. The third kappa shape index (κ3) is 3.09. The maximum atomic E-state index is 6.07. The van der Waals surface area contributed by atoms with E-state index in [4.69, 9.17) is 9.15 Å². The fourth-order valence-corrected chi connectivity index (χ4v) is 3.60. The van der Waals surface area contributed by atoms with Gasteiger partial charge in [-0.2, -0.15) is 0 Å². The third-order valence-electron chi connectivity index (χ3n) is 4.98. The molecule has 5 rings (SSSR count). The van der Waals surface area contributed by atoms with Crippen molar-refractivity contribution < 1.29 is 9.15 Å². The van der Waals surface area contributed by atoms with Gasteiger partial charge < -0.3 is 14.5 Å². The summed E-state index contributed by atoms with van der Waals surface area (Å²) in [6.45, 7) is 2.32. The fourth-order valence-electron chi connectivity index (χ4n) is 3.60. The SMILES string of the molecule is C1=C(c2cccc(OCc3cccc4c3oc3ccccc34)n2)CCNC1. The molecule has 0 spiro atoms. The Bertz CT molecular complexity index is 1140. The van der Waals surface area contributed by atoms with Gasteiger partial charge >= 0.3 is 0 Å². The van der Waals surface area contributed by atoms with Crippen LogP contribution in [0.15, 0.2) is 71.2 Å². The van der Waals surface area contributed by atoms with Crippen LogP contribution in [0.5, 0.6) is 5.88 Å². The van der Waals surface area contributed by atoms with Gasteiger partial charge in [0.15, 0.2) is 0 Å². The van der Waals surface area contributed by atoms with Crippen LogP contribution >= 0.6 is 0 Å². The Morgan fingerprint density at radius 2 is 1.85 bits per heavy atom. The lowest BCUT2D eigenvalue weighted by atomic mass is 10.1. The number of hydrogen-bond donors (Lipinski definition) is 1. The molecule has 134 valence electrons. The minimum Gasteiger partial charge on any atom is -0.473 e. The summed E-state index contributed by atoms with van der Waals surface area (Å²) in [5.41, 5.74) is 5.08. The van der Waals surface area contributed by atoms with Crippen LogP contribution in [0.4, 0.5) is 0 Å². The zero-order valence-electron chi connectivity index (χ0n) is 14.9. The second kappa shape index (κ2) is 6.89. The molecular formula is C23H20N2O2. The van der Waals surface area contributed by atoms with E-state index in [1.807, 2.05) is 48.5 Å². The molecule has 2 aromatic heterocycles. The highest BCUT2D eigenvalue weighted by Crippen LogP contribution is 2.31. The summed E-state index contributed by atoms with van der Waals surface area (Å²) in [5, 5.41) is 5.58. The largest absolute Gasteiger partial charge is 0.473 e.